The Hall–Kier alpha value is -3.12. The molecule has 0 amide bonds. The van der Waals surface area contributed by atoms with E-state index in [0.717, 1.165) is 35.0 Å². The zero-order valence-electron chi connectivity index (χ0n) is 16.0. The molecule has 4 aromatic rings. The van der Waals surface area contributed by atoms with Crippen LogP contribution in [0.1, 0.15) is 40.2 Å². The standard InChI is InChI=1S/C23H21N3O2S/c1-2-8-16-13-20(27)26-23(25-16)29-22(15-9-4-3-5-10-15)21(28)18-14-24-19-12-7-6-11-17(18)19/h3-7,9-14,22,24H,2,8H2,1H3,(H,25,26,27). The number of hydrogen-bond acceptors (Lipinski definition) is 4. The Morgan fingerprint density at radius 1 is 1.10 bits per heavy atom. The van der Waals surface area contributed by atoms with Crippen LogP contribution in [0.4, 0.5) is 0 Å². The minimum atomic E-state index is -0.518. The van der Waals surface area contributed by atoms with Gasteiger partial charge in [-0.15, -0.1) is 0 Å². The minimum absolute atomic E-state index is 0.0257. The number of Topliss-reactive ketones (excluding diaryl/α,β-unsaturated/α-hetero) is 1. The van der Waals surface area contributed by atoms with Crippen LogP contribution in [0.3, 0.4) is 0 Å². The van der Waals surface area contributed by atoms with Crippen molar-refractivity contribution < 1.29 is 4.79 Å². The second-order valence-corrected chi connectivity index (χ2v) is 7.91. The Labute approximate surface area is 172 Å². The summed E-state index contributed by atoms with van der Waals surface area (Å²) in [6, 6.07) is 18.9. The zero-order valence-corrected chi connectivity index (χ0v) is 16.8. The summed E-state index contributed by atoms with van der Waals surface area (Å²) in [4.78, 5) is 36.2. The lowest BCUT2D eigenvalue weighted by Gasteiger charge is -2.15. The number of nitrogens with zero attached hydrogens (tertiary/aromatic N) is 1. The maximum atomic E-state index is 13.6. The number of aromatic nitrogens is 3. The highest BCUT2D eigenvalue weighted by molar-refractivity contribution is 8.00. The van der Waals surface area contributed by atoms with Gasteiger partial charge >= 0.3 is 0 Å². The number of benzene rings is 2. The third-order valence-electron chi connectivity index (χ3n) is 4.70. The first-order valence-electron chi connectivity index (χ1n) is 9.58. The number of rotatable bonds is 7. The van der Waals surface area contributed by atoms with Crippen molar-refractivity contribution in [2.24, 2.45) is 0 Å². The lowest BCUT2D eigenvalue weighted by atomic mass is 10.0. The van der Waals surface area contributed by atoms with Gasteiger partial charge in [-0.2, -0.15) is 0 Å². The molecule has 2 aromatic heterocycles. The second-order valence-electron chi connectivity index (χ2n) is 6.81. The highest BCUT2D eigenvalue weighted by atomic mass is 32.2. The number of hydrogen-bond donors (Lipinski definition) is 2. The molecular formula is C23H21N3O2S. The van der Waals surface area contributed by atoms with Gasteiger partial charge in [-0.3, -0.25) is 9.59 Å². The molecule has 1 atom stereocenters. The average Bonchev–Trinajstić information content (AvgIpc) is 3.16. The first-order chi connectivity index (χ1) is 14.2. The van der Waals surface area contributed by atoms with Gasteiger partial charge < -0.3 is 9.97 Å². The monoisotopic (exact) mass is 403 g/mol. The van der Waals surface area contributed by atoms with Crippen LogP contribution in [0.15, 0.2) is 76.8 Å². The van der Waals surface area contributed by atoms with Crippen LogP contribution in [0, 0.1) is 0 Å². The van der Waals surface area contributed by atoms with Gasteiger partial charge in [0.1, 0.15) is 5.25 Å². The number of para-hydroxylation sites is 1. The smallest absolute Gasteiger partial charge is 0.251 e. The maximum Gasteiger partial charge on any atom is 0.251 e. The van der Waals surface area contributed by atoms with Gasteiger partial charge in [0.2, 0.25) is 0 Å². The predicted octanol–water partition coefficient (Wildman–Crippen LogP) is 4.92. The number of H-pyrrole nitrogens is 2. The van der Waals surface area contributed by atoms with E-state index in [1.165, 1.54) is 17.8 Å². The van der Waals surface area contributed by atoms with E-state index in [9.17, 15) is 9.59 Å². The molecule has 29 heavy (non-hydrogen) atoms. The molecule has 0 saturated heterocycles. The number of carbonyl (C=O) groups excluding carboxylic acids is 1. The zero-order chi connectivity index (χ0) is 20.2. The Morgan fingerprint density at radius 3 is 2.66 bits per heavy atom. The van der Waals surface area contributed by atoms with Crippen LogP contribution >= 0.6 is 11.8 Å². The van der Waals surface area contributed by atoms with Gasteiger partial charge in [0.05, 0.1) is 0 Å². The summed E-state index contributed by atoms with van der Waals surface area (Å²) in [5.74, 6) is -0.0257. The number of aryl methyl sites for hydroxylation is 1. The molecule has 0 aliphatic heterocycles. The molecule has 146 valence electrons. The van der Waals surface area contributed by atoms with E-state index in [2.05, 4.69) is 15.0 Å². The topological polar surface area (TPSA) is 78.6 Å². The molecule has 0 aliphatic rings. The summed E-state index contributed by atoms with van der Waals surface area (Å²) in [7, 11) is 0. The van der Waals surface area contributed by atoms with Crippen molar-refractivity contribution in [3.63, 3.8) is 0 Å². The molecule has 0 radical (unpaired) electrons. The van der Waals surface area contributed by atoms with Crippen LogP contribution in [0.2, 0.25) is 0 Å². The van der Waals surface area contributed by atoms with E-state index in [0.29, 0.717) is 10.7 Å². The molecule has 2 aromatic carbocycles. The number of aromatic amines is 2. The van der Waals surface area contributed by atoms with Gasteiger partial charge in [0, 0.05) is 34.4 Å². The molecule has 6 heteroatoms. The minimum Gasteiger partial charge on any atom is -0.360 e. The summed E-state index contributed by atoms with van der Waals surface area (Å²) in [6.07, 6.45) is 3.38. The van der Waals surface area contributed by atoms with E-state index in [1.54, 1.807) is 6.20 Å². The van der Waals surface area contributed by atoms with Crippen molar-refractivity contribution in [1.82, 2.24) is 15.0 Å². The van der Waals surface area contributed by atoms with Crippen molar-refractivity contribution >= 4 is 28.4 Å². The molecule has 0 fully saturated rings. The van der Waals surface area contributed by atoms with Gasteiger partial charge in [-0.1, -0.05) is 73.6 Å². The third kappa shape index (κ3) is 4.17. The number of nitrogens with one attached hydrogen (secondary N) is 2. The maximum absolute atomic E-state index is 13.6. The largest absolute Gasteiger partial charge is 0.360 e. The van der Waals surface area contributed by atoms with E-state index in [-0.39, 0.29) is 11.3 Å². The fourth-order valence-electron chi connectivity index (χ4n) is 3.35. The molecule has 0 spiro atoms. The number of thioether (sulfide) groups is 1. The fourth-order valence-corrected chi connectivity index (χ4v) is 4.43. The summed E-state index contributed by atoms with van der Waals surface area (Å²) in [6.45, 7) is 2.04. The normalized spacial score (nSPS) is 12.2. The Morgan fingerprint density at radius 2 is 1.86 bits per heavy atom. The highest BCUT2D eigenvalue weighted by Crippen LogP contribution is 2.37. The van der Waals surface area contributed by atoms with Crippen LogP contribution in [0.25, 0.3) is 10.9 Å². The predicted molar refractivity (Wildman–Crippen MR) is 117 cm³/mol. The molecule has 2 N–H and O–H groups in total. The molecular weight excluding hydrogens is 382 g/mol. The third-order valence-corrected chi connectivity index (χ3v) is 5.84. The van der Waals surface area contributed by atoms with Crippen molar-refractivity contribution in [3.05, 3.63) is 94.0 Å². The van der Waals surface area contributed by atoms with Crippen molar-refractivity contribution in [1.29, 1.82) is 0 Å². The summed E-state index contributed by atoms with van der Waals surface area (Å²) >= 11 is 1.28. The number of fused-ring (bicyclic) bond motifs is 1. The van der Waals surface area contributed by atoms with Gasteiger partial charge in [-0.25, -0.2) is 4.98 Å². The van der Waals surface area contributed by atoms with Crippen LogP contribution < -0.4 is 5.56 Å². The van der Waals surface area contributed by atoms with Gasteiger partial charge in [0.25, 0.3) is 5.56 Å². The van der Waals surface area contributed by atoms with Gasteiger partial charge in [-0.05, 0) is 18.1 Å². The molecule has 5 nitrogen and oxygen atoms in total. The first kappa shape index (κ1) is 19.2. The van der Waals surface area contributed by atoms with E-state index in [4.69, 9.17) is 0 Å². The Balaban J connectivity index is 1.75. The van der Waals surface area contributed by atoms with Crippen molar-refractivity contribution in [3.8, 4) is 0 Å². The van der Waals surface area contributed by atoms with E-state index >= 15 is 0 Å². The lowest BCUT2D eigenvalue weighted by molar-refractivity contribution is 0.0991. The molecule has 2 heterocycles. The van der Waals surface area contributed by atoms with E-state index < -0.39 is 5.25 Å². The molecule has 0 saturated carbocycles. The fraction of sp³-hybridized carbons (Fsp3) is 0.174. The lowest BCUT2D eigenvalue weighted by Crippen LogP contribution is -2.14. The quantitative estimate of drug-likeness (QED) is 0.261. The Bertz CT molecular complexity index is 1200. The SMILES string of the molecule is CCCc1cc(=O)[nH]c(SC(C(=O)c2c[nH]c3ccccc23)c2ccccc2)n1. The summed E-state index contributed by atoms with van der Waals surface area (Å²) in [5.41, 5.74) is 2.97. The van der Waals surface area contributed by atoms with Crippen LogP contribution in [-0.4, -0.2) is 20.7 Å². The average molecular weight is 404 g/mol. The second kappa shape index (κ2) is 8.49. The highest BCUT2D eigenvalue weighted by Gasteiger charge is 2.26. The first-order valence-corrected chi connectivity index (χ1v) is 10.5. The molecule has 0 bridgehead atoms. The number of ketones is 1. The van der Waals surface area contributed by atoms with Crippen molar-refractivity contribution in [2.75, 3.05) is 0 Å². The van der Waals surface area contributed by atoms with Crippen molar-refractivity contribution in [2.45, 2.75) is 30.2 Å². The van der Waals surface area contributed by atoms with E-state index in [1.807, 2.05) is 61.5 Å². The Kier molecular flexibility index (Phi) is 5.62. The summed E-state index contributed by atoms with van der Waals surface area (Å²) in [5, 5.41) is 0.832. The molecule has 0 aliphatic carbocycles. The summed E-state index contributed by atoms with van der Waals surface area (Å²) < 4.78 is 0. The molecule has 1 unspecified atom stereocenters. The number of carbonyl (C=O) groups is 1. The van der Waals surface area contributed by atoms with Crippen LogP contribution in [-0.2, 0) is 6.42 Å². The van der Waals surface area contributed by atoms with Gasteiger partial charge in [0.15, 0.2) is 10.9 Å². The molecule has 4 rings (SSSR count). The van der Waals surface area contributed by atoms with Crippen LogP contribution in [0.5, 0.6) is 0 Å².